The van der Waals surface area contributed by atoms with Gasteiger partial charge in [-0.2, -0.15) is 0 Å². The minimum Gasteiger partial charge on any atom is -0.338 e. The van der Waals surface area contributed by atoms with Crippen LogP contribution >= 0.6 is 0 Å². The third-order valence-corrected chi connectivity index (χ3v) is 2.59. The summed E-state index contributed by atoms with van der Waals surface area (Å²) in [5.74, 6) is -0.0185. The molecular formula is C13H15N3O2. The third-order valence-electron chi connectivity index (χ3n) is 2.59. The van der Waals surface area contributed by atoms with E-state index >= 15 is 0 Å². The lowest BCUT2D eigenvalue weighted by Crippen LogP contribution is -2.27. The number of nitrogens with two attached hydrogens (primary N) is 1. The van der Waals surface area contributed by atoms with E-state index in [1.807, 2.05) is 31.2 Å². The highest BCUT2D eigenvalue weighted by Crippen LogP contribution is 2.15. The summed E-state index contributed by atoms with van der Waals surface area (Å²) >= 11 is 0. The number of rotatable bonds is 3. The SMILES string of the molecule is Cc1ccc(C(N)C(=O)Nc2cc(C)no2)cc1. The van der Waals surface area contributed by atoms with Crippen molar-refractivity contribution < 1.29 is 9.32 Å². The van der Waals surface area contributed by atoms with E-state index in [0.717, 1.165) is 11.1 Å². The molecule has 5 nitrogen and oxygen atoms in total. The van der Waals surface area contributed by atoms with Crippen LogP contribution in [-0.4, -0.2) is 11.1 Å². The van der Waals surface area contributed by atoms with Crippen molar-refractivity contribution in [1.82, 2.24) is 5.16 Å². The minimum absolute atomic E-state index is 0.306. The van der Waals surface area contributed by atoms with E-state index in [1.165, 1.54) is 0 Å². The second-order valence-corrected chi connectivity index (χ2v) is 4.21. The molecule has 0 spiro atoms. The summed E-state index contributed by atoms with van der Waals surface area (Å²) < 4.78 is 4.90. The molecule has 0 fully saturated rings. The van der Waals surface area contributed by atoms with Crippen molar-refractivity contribution in [3.63, 3.8) is 0 Å². The highest BCUT2D eigenvalue weighted by molar-refractivity contribution is 5.94. The maximum Gasteiger partial charge on any atom is 0.248 e. The van der Waals surface area contributed by atoms with Gasteiger partial charge in [0.1, 0.15) is 6.04 Å². The van der Waals surface area contributed by atoms with Crippen molar-refractivity contribution in [2.24, 2.45) is 5.73 Å². The Kier molecular flexibility index (Phi) is 3.43. The molecule has 1 aromatic heterocycles. The lowest BCUT2D eigenvalue weighted by Gasteiger charge is -2.10. The second-order valence-electron chi connectivity index (χ2n) is 4.21. The van der Waals surface area contributed by atoms with Crippen LogP contribution in [0.25, 0.3) is 0 Å². The molecule has 0 saturated carbocycles. The van der Waals surface area contributed by atoms with Gasteiger partial charge in [-0.1, -0.05) is 35.0 Å². The van der Waals surface area contributed by atoms with Crippen LogP contribution in [0.15, 0.2) is 34.9 Å². The quantitative estimate of drug-likeness (QED) is 0.865. The van der Waals surface area contributed by atoms with Crippen molar-refractivity contribution in [1.29, 1.82) is 0 Å². The van der Waals surface area contributed by atoms with Crippen LogP contribution < -0.4 is 11.1 Å². The van der Waals surface area contributed by atoms with Gasteiger partial charge in [0.05, 0.1) is 5.69 Å². The number of amides is 1. The average molecular weight is 245 g/mol. The Morgan fingerprint density at radius 3 is 2.56 bits per heavy atom. The summed E-state index contributed by atoms with van der Waals surface area (Å²) in [6, 6.07) is 8.43. The summed E-state index contributed by atoms with van der Waals surface area (Å²) in [5, 5.41) is 6.27. The molecule has 18 heavy (non-hydrogen) atoms. The number of carbonyl (C=O) groups excluding carboxylic acids is 1. The molecule has 1 unspecified atom stereocenters. The fourth-order valence-electron chi connectivity index (χ4n) is 1.55. The summed E-state index contributed by atoms with van der Waals surface area (Å²) in [4.78, 5) is 11.9. The van der Waals surface area contributed by atoms with Gasteiger partial charge in [-0.15, -0.1) is 0 Å². The van der Waals surface area contributed by atoms with Crippen LogP contribution in [0.5, 0.6) is 0 Å². The Morgan fingerprint density at radius 1 is 1.33 bits per heavy atom. The Balaban J connectivity index is 2.07. The van der Waals surface area contributed by atoms with E-state index in [9.17, 15) is 4.79 Å². The predicted molar refractivity (Wildman–Crippen MR) is 68.0 cm³/mol. The number of aromatic nitrogens is 1. The predicted octanol–water partition coefficient (Wildman–Crippen LogP) is 1.93. The topological polar surface area (TPSA) is 81.2 Å². The first-order chi connectivity index (χ1) is 8.56. The van der Waals surface area contributed by atoms with E-state index in [-0.39, 0.29) is 5.91 Å². The third kappa shape index (κ3) is 2.75. The Hall–Kier alpha value is -2.14. The average Bonchev–Trinajstić information content (AvgIpc) is 2.75. The fourth-order valence-corrected chi connectivity index (χ4v) is 1.55. The van der Waals surface area contributed by atoms with Gasteiger partial charge >= 0.3 is 0 Å². The van der Waals surface area contributed by atoms with E-state index in [2.05, 4.69) is 10.5 Å². The van der Waals surface area contributed by atoms with Crippen LogP contribution in [0, 0.1) is 13.8 Å². The molecule has 0 saturated heterocycles. The number of carbonyl (C=O) groups is 1. The Labute approximate surface area is 105 Å². The standard InChI is InChI=1S/C13H15N3O2/c1-8-3-5-10(6-4-8)12(14)13(17)15-11-7-9(2)16-18-11/h3-7,12H,14H2,1-2H3,(H,15,17). The number of aryl methyl sites for hydroxylation is 2. The molecular weight excluding hydrogens is 230 g/mol. The lowest BCUT2D eigenvalue weighted by atomic mass is 10.1. The molecule has 1 heterocycles. The molecule has 0 radical (unpaired) electrons. The smallest absolute Gasteiger partial charge is 0.248 e. The number of anilines is 1. The Morgan fingerprint density at radius 2 is 2.00 bits per heavy atom. The van der Waals surface area contributed by atoms with Crippen molar-refractivity contribution in [2.45, 2.75) is 19.9 Å². The first kappa shape index (κ1) is 12.3. The first-order valence-electron chi connectivity index (χ1n) is 5.62. The zero-order valence-corrected chi connectivity index (χ0v) is 10.3. The van der Waals surface area contributed by atoms with Crippen molar-refractivity contribution in [2.75, 3.05) is 5.32 Å². The largest absolute Gasteiger partial charge is 0.338 e. The van der Waals surface area contributed by atoms with Crippen LogP contribution in [0.1, 0.15) is 22.9 Å². The van der Waals surface area contributed by atoms with E-state index in [1.54, 1.807) is 13.0 Å². The zero-order valence-electron chi connectivity index (χ0n) is 10.3. The first-order valence-corrected chi connectivity index (χ1v) is 5.62. The number of benzene rings is 1. The van der Waals surface area contributed by atoms with E-state index in [4.69, 9.17) is 10.3 Å². The van der Waals surface area contributed by atoms with Crippen LogP contribution in [0.2, 0.25) is 0 Å². The van der Waals surface area contributed by atoms with Crippen molar-refractivity contribution in [3.8, 4) is 0 Å². The highest BCUT2D eigenvalue weighted by Gasteiger charge is 2.17. The normalized spacial score (nSPS) is 12.2. The van der Waals surface area contributed by atoms with Gasteiger partial charge < -0.3 is 10.3 Å². The second kappa shape index (κ2) is 5.01. The number of hydrogen-bond acceptors (Lipinski definition) is 4. The summed E-state index contributed by atoms with van der Waals surface area (Å²) in [6.45, 7) is 3.76. The summed E-state index contributed by atoms with van der Waals surface area (Å²) in [7, 11) is 0. The van der Waals surface area contributed by atoms with Gasteiger partial charge in [0.25, 0.3) is 0 Å². The molecule has 3 N–H and O–H groups in total. The van der Waals surface area contributed by atoms with Crippen LogP contribution in [0.3, 0.4) is 0 Å². The maximum absolute atomic E-state index is 11.9. The fraction of sp³-hybridized carbons (Fsp3) is 0.231. The molecule has 0 aliphatic carbocycles. The van der Waals surface area contributed by atoms with Gasteiger partial charge in [0, 0.05) is 6.07 Å². The van der Waals surface area contributed by atoms with Crippen molar-refractivity contribution >= 4 is 11.8 Å². The van der Waals surface area contributed by atoms with Gasteiger partial charge in [-0.25, -0.2) is 0 Å². The molecule has 0 bridgehead atoms. The van der Waals surface area contributed by atoms with E-state index < -0.39 is 6.04 Å². The molecule has 1 amide bonds. The Bertz CT molecular complexity index is 546. The molecule has 0 aliphatic heterocycles. The van der Waals surface area contributed by atoms with Gasteiger partial charge in [-0.3, -0.25) is 10.1 Å². The lowest BCUT2D eigenvalue weighted by molar-refractivity contribution is -0.117. The summed E-state index contributed by atoms with van der Waals surface area (Å²) in [5.41, 5.74) is 8.45. The molecule has 5 heteroatoms. The van der Waals surface area contributed by atoms with Gasteiger partial charge in [-0.05, 0) is 19.4 Å². The molecule has 0 aliphatic rings. The highest BCUT2D eigenvalue weighted by atomic mass is 16.5. The number of hydrogen-bond donors (Lipinski definition) is 2. The zero-order chi connectivity index (χ0) is 13.1. The maximum atomic E-state index is 11.9. The molecule has 94 valence electrons. The van der Waals surface area contributed by atoms with Gasteiger partial charge in [0.15, 0.2) is 0 Å². The number of nitrogens with one attached hydrogen (secondary N) is 1. The van der Waals surface area contributed by atoms with E-state index in [0.29, 0.717) is 11.6 Å². The van der Waals surface area contributed by atoms with Crippen molar-refractivity contribution in [3.05, 3.63) is 47.2 Å². The monoisotopic (exact) mass is 245 g/mol. The molecule has 1 atom stereocenters. The van der Waals surface area contributed by atoms with Crippen LogP contribution in [0.4, 0.5) is 5.88 Å². The van der Waals surface area contributed by atoms with Crippen LogP contribution in [-0.2, 0) is 4.79 Å². The summed E-state index contributed by atoms with van der Waals surface area (Å²) in [6.07, 6.45) is 0. The molecule has 2 aromatic rings. The number of nitrogens with zero attached hydrogens (tertiary/aromatic N) is 1. The molecule has 2 rings (SSSR count). The minimum atomic E-state index is -0.726. The molecule has 1 aromatic carbocycles. The van der Waals surface area contributed by atoms with Gasteiger partial charge in [0.2, 0.25) is 11.8 Å².